The van der Waals surface area contributed by atoms with Crippen LogP contribution in [0.1, 0.15) is 6.92 Å². The minimum absolute atomic E-state index is 0.0563. The van der Waals surface area contributed by atoms with Crippen molar-refractivity contribution < 1.29 is 18.1 Å². The van der Waals surface area contributed by atoms with Gasteiger partial charge in [0.2, 0.25) is 0 Å². The lowest BCUT2D eigenvalue weighted by Crippen LogP contribution is -2.36. The Kier molecular flexibility index (Phi) is 7.30. The number of halogens is 2. The Labute approximate surface area is 195 Å². The summed E-state index contributed by atoms with van der Waals surface area (Å²) >= 11 is 6.46. The van der Waals surface area contributed by atoms with Gasteiger partial charge in [-0.25, -0.2) is 18.6 Å². The van der Waals surface area contributed by atoms with Gasteiger partial charge in [0.25, 0.3) is 5.91 Å². The second-order valence-electron chi connectivity index (χ2n) is 7.22. The Hall–Kier alpha value is -3.49. The van der Waals surface area contributed by atoms with Gasteiger partial charge in [-0.2, -0.15) is 9.62 Å². The fraction of sp³-hybridized carbons (Fsp3) is 0.238. The van der Waals surface area contributed by atoms with Gasteiger partial charge < -0.3 is 15.4 Å². The summed E-state index contributed by atoms with van der Waals surface area (Å²) in [6.45, 7) is 1.30. The summed E-state index contributed by atoms with van der Waals surface area (Å²) < 4.78 is 35.7. The lowest BCUT2D eigenvalue weighted by atomic mass is 10.2. The van der Waals surface area contributed by atoms with E-state index in [1.54, 1.807) is 18.2 Å². The molecule has 0 aliphatic carbocycles. The van der Waals surface area contributed by atoms with Gasteiger partial charge in [-0.05, 0) is 31.2 Å². The van der Waals surface area contributed by atoms with Crippen molar-refractivity contribution in [2.45, 2.75) is 13.0 Å². The van der Waals surface area contributed by atoms with Crippen molar-refractivity contribution >= 4 is 55.3 Å². The molecule has 1 atom stereocenters. The lowest BCUT2D eigenvalue weighted by Gasteiger charge is -2.18. The van der Waals surface area contributed by atoms with Crippen LogP contribution in [0.25, 0.3) is 10.9 Å². The van der Waals surface area contributed by atoms with E-state index in [1.807, 2.05) is 0 Å². The number of nitrogens with zero attached hydrogens (tertiary/aromatic N) is 4. The molecule has 1 heterocycles. The first kappa shape index (κ1) is 24.2. The molecule has 0 radical (unpaired) electrons. The molecule has 12 heteroatoms. The lowest BCUT2D eigenvalue weighted by molar-refractivity contribution is -0.126. The largest absolute Gasteiger partial charge is 0.479 e. The number of carbonyl (C=O) groups excluding carboxylic acids is 1. The van der Waals surface area contributed by atoms with Crippen molar-refractivity contribution in [1.29, 1.82) is 5.26 Å². The number of hydrogen-bond acceptors (Lipinski definition) is 8. The smallest absolute Gasteiger partial charge is 0.261 e. The van der Waals surface area contributed by atoms with Gasteiger partial charge >= 0.3 is 0 Å². The van der Waals surface area contributed by atoms with E-state index in [-0.39, 0.29) is 17.3 Å². The maximum atomic E-state index is 13.9. The number of anilines is 2. The number of nitrogens with one attached hydrogen (secondary N) is 2. The average Bonchev–Trinajstić information content (AvgIpc) is 2.72. The Morgan fingerprint density at radius 1 is 1.33 bits per heavy atom. The van der Waals surface area contributed by atoms with Crippen molar-refractivity contribution in [2.24, 2.45) is 4.36 Å². The second kappa shape index (κ2) is 9.97. The molecule has 0 aliphatic rings. The molecule has 1 amide bonds. The fourth-order valence-electron chi connectivity index (χ4n) is 2.87. The number of fused-ring (bicyclic) bond motifs is 1. The molecule has 1 aromatic heterocycles. The molecule has 172 valence electrons. The number of ether oxygens (including phenoxy) is 1. The number of hydrogen-bond donors (Lipinski definition) is 2. The van der Waals surface area contributed by atoms with Crippen molar-refractivity contribution in [3.63, 3.8) is 0 Å². The Morgan fingerprint density at radius 2 is 2.09 bits per heavy atom. The first-order chi connectivity index (χ1) is 15.6. The number of carbonyl (C=O) groups is 1. The third-order valence-electron chi connectivity index (χ3n) is 4.21. The van der Waals surface area contributed by atoms with Crippen LogP contribution in [-0.4, -0.2) is 45.2 Å². The Bertz CT molecular complexity index is 1380. The quantitative estimate of drug-likeness (QED) is 0.480. The normalized spacial score (nSPS) is 12.0. The third-order valence-corrected chi connectivity index (χ3v) is 5.16. The highest BCUT2D eigenvalue weighted by molar-refractivity contribution is 7.92. The molecule has 0 unspecified atom stereocenters. The first-order valence-electron chi connectivity index (χ1n) is 9.56. The molecule has 9 nitrogen and oxygen atoms in total. The summed E-state index contributed by atoms with van der Waals surface area (Å²) in [6, 6.07) is 8.75. The highest BCUT2D eigenvalue weighted by atomic mass is 35.5. The van der Waals surface area contributed by atoms with E-state index >= 15 is 0 Å². The number of benzene rings is 2. The van der Waals surface area contributed by atoms with Gasteiger partial charge in [0.15, 0.2) is 6.10 Å². The van der Waals surface area contributed by atoms with Gasteiger partial charge in [0, 0.05) is 28.3 Å². The maximum absolute atomic E-state index is 13.9. The minimum Gasteiger partial charge on any atom is -0.479 e. The zero-order valence-corrected chi connectivity index (χ0v) is 19.5. The van der Waals surface area contributed by atoms with Crippen LogP contribution in [0.5, 0.6) is 5.75 Å². The summed E-state index contributed by atoms with van der Waals surface area (Å²) in [4.78, 5) is 20.5. The second-order valence-corrected chi connectivity index (χ2v) is 10.2. The summed E-state index contributed by atoms with van der Waals surface area (Å²) in [5.74, 6) is -0.731. The monoisotopic (exact) mass is 490 g/mol. The van der Waals surface area contributed by atoms with Gasteiger partial charge in [-0.15, -0.1) is 0 Å². The van der Waals surface area contributed by atoms with E-state index < -0.39 is 27.6 Å². The predicted molar refractivity (Wildman–Crippen MR) is 125 cm³/mol. The molecule has 0 spiro atoms. The molecule has 33 heavy (non-hydrogen) atoms. The van der Waals surface area contributed by atoms with Gasteiger partial charge in [-0.3, -0.25) is 4.79 Å². The summed E-state index contributed by atoms with van der Waals surface area (Å²) in [5, 5.41) is 14.8. The molecule has 2 N–H and O–H groups in total. The zero-order valence-electron chi connectivity index (χ0n) is 17.9. The van der Waals surface area contributed by atoms with E-state index in [0.717, 1.165) is 6.07 Å². The van der Waals surface area contributed by atoms with E-state index in [4.69, 9.17) is 21.6 Å². The third kappa shape index (κ3) is 6.27. The average molecular weight is 491 g/mol. The highest BCUT2D eigenvalue weighted by Gasteiger charge is 2.18. The Morgan fingerprint density at radius 3 is 2.79 bits per heavy atom. The van der Waals surface area contributed by atoms with Gasteiger partial charge in [0.05, 0.1) is 33.4 Å². The van der Waals surface area contributed by atoms with Crippen molar-refractivity contribution in [2.75, 3.05) is 24.4 Å². The molecule has 0 fully saturated rings. The fourth-order valence-corrected chi connectivity index (χ4v) is 3.78. The molecule has 2 aromatic carbocycles. The molecule has 0 saturated carbocycles. The van der Waals surface area contributed by atoms with Crippen molar-refractivity contribution in [1.82, 2.24) is 15.3 Å². The summed E-state index contributed by atoms with van der Waals surface area (Å²) in [5.41, 5.74) is 1.19. The van der Waals surface area contributed by atoms with Crippen LogP contribution in [0.4, 0.5) is 21.6 Å². The summed E-state index contributed by atoms with van der Waals surface area (Å²) in [6.07, 6.45) is 3.33. The number of nitriles is 1. The standard InChI is InChI=1S/C21H20ClFN6O3S/c1-12(21(30)25-7-6-24)32-18-8-13(23)4-5-16(18)28-20-19-15(22)9-14(29-33(2,3)31)10-17(19)26-11-27-20/h4-5,8-12H,7H2,1-3H3,(H,25,30)(H,26,27,28)/t12-/m1/s1. The van der Waals surface area contributed by atoms with Crippen LogP contribution < -0.4 is 15.4 Å². The SMILES string of the molecule is C[C@@H](Oc1cc(F)ccc1Nc1ncnc2cc(N=S(C)(C)=O)cc(Cl)c12)C(=O)NCC#N. The zero-order chi connectivity index (χ0) is 24.2. The number of aromatic nitrogens is 2. The minimum atomic E-state index is -2.40. The van der Waals surface area contributed by atoms with E-state index in [1.165, 1.54) is 37.9 Å². The van der Waals surface area contributed by atoms with Crippen LogP contribution in [0.3, 0.4) is 0 Å². The van der Waals surface area contributed by atoms with Crippen molar-refractivity contribution in [3.8, 4) is 11.8 Å². The van der Waals surface area contributed by atoms with E-state index in [9.17, 15) is 13.4 Å². The maximum Gasteiger partial charge on any atom is 0.261 e. The number of rotatable bonds is 7. The van der Waals surface area contributed by atoms with Crippen LogP contribution in [0.2, 0.25) is 5.02 Å². The predicted octanol–water partition coefficient (Wildman–Crippen LogP) is 3.93. The molecule has 3 rings (SSSR count). The molecule has 3 aromatic rings. The molecular weight excluding hydrogens is 471 g/mol. The van der Waals surface area contributed by atoms with E-state index in [0.29, 0.717) is 28.1 Å². The van der Waals surface area contributed by atoms with Gasteiger partial charge in [0.1, 0.15) is 30.3 Å². The van der Waals surface area contributed by atoms with Crippen LogP contribution >= 0.6 is 11.6 Å². The van der Waals surface area contributed by atoms with Crippen LogP contribution in [0.15, 0.2) is 41.0 Å². The molecule has 0 bridgehead atoms. The first-order valence-corrected chi connectivity index (χ1v) is 12.3. The molecule has 0 aliphatic heterocycles. The Balaban J connectivity index is 1.98. The highest BCUT2D eigenvalue weighted by Crippen LogP contribution is 2.36. The number of amides is 1. The summed E-state index contributed by atoms with van der Waals surface area (Å²) in [7, 11) is -2.40. The van der Waals surface area contributed by atoms with Crippen LogP contribution in [0, 0.1) is 17.1 Å². The van der Waals surface area contributed by atoms with Gasteiger partial charge in [-0.1, -0.05) is 11.6 Å². The molecule has 0 saturated heterocycles. The van der Waals surface area contributed by atoms with E-state index in [2.05, 4.69) is 25.0 Å². The topological polar surface area (TPSA) is 129 Å². The molecular formula is C21H20ClFN6O3S. The van der Waals surface area contributed by atoms with Crippen LogP contribution in [-0.2, 0) is 14.5 Å². The van der Waals surface area contributed by atoms with Crippen molar-refractivity contribution in [3.05, 3.63) is 47.5 Å².